The molecule has 0 unspecified atom stereocenters. The molecule has 8 heteroatoms. The van der Waals surface area contributed by atoms with Gasteiger partial charge in [0, 0.05) is 13.1 Å². The molecule has 0 spiro atoms. The molecule has 2 amide bonds. The molecule has 0 radical (unpaired) electrons. The third-order valence-corrected chi connectivity index (χ3v) is 3.87. The molecule has 0 saturated carbocycles. The number of methoxy groups -OCH3 is 1. The quantitative estimate of drug-likeness (QED) is 0.616. The Balaban J connectivity index is 1.90. The second kappa shape index (κ2) is 10.7. The van der Waals surface area contributed by atoms with Crippen molar-refractivity contribution in [2.24, 2.45) is 5.73 Å². The van der Waals surface area contributed by atoms with E-state index < -0.39 is 11.7 Å². The van der Waals surface area contributed by atoms with Crippen molar-refractivity contribution < 1.29 is 28.2 Å². The first-order chi connectivity index (χ1) is 13.9. The second-order valence-corrected chi connectivity index (χ2v) is 6.04. The maximum Gasteiger partial charge on any atom is 0.255 e. The van der Waals surface area contributed by atoms with Gasteiger partial charge < -0.3 is 24.8 Å². The Hall–Kier alpha value is -3.55. The van der Waals surface area contributed by atoms with Crippen molar-refractivity contribution in [1.82, 2.24) is 4.90 Å². The Morgan fingerprint density at radius 1 is 1.10 bits per heavy atom. The molecule has 0 bridgehead atoms. The number of hydrogen-bond acceptors (Lipinski definition) is 5. The average molecular weight is 402 g/mol. The summed E-state index contributed by atoms with van der Waals surface area (Å²) in [5.74, 6) is -0.350. The summed E-state index contributed by atoms with van der Waals surface area (Å²) in [7, 11) is 3.09. The second-order valence-electron chi connectivity index (χ2n) is 6.04. The van der Waals surface area contributed by atoms with Crippen LogP contribution >= 0.6 is 0 Å². The molecule has 0 heterocycles. The van der Waals surface area contributed by atoms with Gasteiger partial charge in [-0.15, -0.1) is 0 Å². The van der Waals surface area contributed by atoms with Crippen molar-refractivity contribution in [2.75, 3.05) is 33.9 Å². The molecule has 0 fully saturated rings. The van der Waals surface area contributed by atoms with Crippen molar-refractivity contribution in [1.29, 1.82) is 0 Å². The van der Waals surface area contributed by atoms with E-state index in [0.717, 1.165) is 0 Å². The normalized spacial score (nSPS) is 10.6. The molecule has 0 aromatic heterocycles. The molecule has 2 aromatic rings. The number of carbonyl (C=O) groups excluding carboxylic acids is 2. The summed E-state index contributed by atoms with van der Waals surface area (Å²) in [5.41, 5.74) is 5.77. The van der Waals surface area contributed by atoms with E-state index in [1.54, 1.807) is 43.5 Å². The lowest BCUT2D eigenvalue weighted by atomic mass is 10.2. The molecular formula is C21H23FN2O5. The summed E-state index contributed by atoms with van der Waals surface area (Å²) in [4.78, 5) is 24.5. The molecule has 7 nitrogen and oxygen atoms in total. The zero-order chi connectivity index (χ0) is 21.2. The molecule has 0 aliphatic rings. The first kappa shape index (κ1) is 21.7. The van der Waals surface area contributed by atoms with Crippen molar-refractivity contribution >= 4 is 17.9 Å². The molecule has 0 saturated heterocycles. The Morgan fingerprint density at radius 2 is 1.86 bits per heavy atom. The molecule has 2 rings (SSSR count). The first-order valence-corrected chi connectivity index (χ1v) is 8.80. The molecule has 154 valence electrons. The molecule has 29 heavy (non-hydrogen) atoms. The Morgan fingerprint density at radius 3 is 2.55 bits per heavy atom. The lowest BCUT2D eigenvalue weighted by Gasteiger charge is -2.16. The van der Waals surface area contributed by atoms with E-state index in [4.69, 9.17) is 19.9 Å². The van der Waals surface area contributed by atoms with Gasteiger partial charge in [-0.2, -0.15) is 0 Å². The van der Waals surface area contributed by atoms with Gasteiger partial charge in [0.25, 0.3) is 5.91 Å². The third kappa shape index (κ3) is 6.84. The van der Waals surface area contributed by atoms with Gasteiger partial charge in [-0.05, 0) is 35.9 Å². The van der Waals surface area contributed by atoms with Crippen molar-refractivity contribution in [3.8, 4) is 17.2 Å². The SMILES string of the molecule is COc1cc(/C=C/C(=O)N(C)CCOc2ccccc2F)ccc1OCC(N)=O. The van der Waals surface area contributed by atoms with E-state index in [1.165, 1.54) is 30.2 Å². The first-order valence-electron chi connectivity index (χ1n) is 8.80. The van der Waals surface area contributed by atoms with Gasteiger partial charge in [-0.1, -0.05) is 18.2 Å². The van der Waals surface area contributed by atoms with Crippen LogP contribution in [-0.2, 0) is 9.59 Å². The Kier molecular flexibility index (Phi) is 8.02. The number of carbonyl (C=O) groups is 2. The van der Waals surface area contributed by atoms with Gasteiger partial charge in [0.1, 0.15) is 6.61 Å². The maximum atomic E-state index is 13.5. The van der Waals surface area contributed by atoms with Crippen LogP contribution < -0.4 is 19.9 Å². The van der Waals surface area contributed by atoms with Crippen LogP contribution in [0.25, 0.3) is 6.08 Å². The highest BCUT2D eigenvalue weighted by Crippen LogP contribution is 2.28. The van der Waals surface area contributed by atoms with Crippen molar-refractivity contribution in [3.05, 3.63) is 59.9 Å². The van der Waals surface area contributed by atoms with Gasteiger partial charge in [0.2, 0.25) is 5.91 Å². The number of nitrogens with zero attached hydrogens (tertiary/aromatic N) is 1. The Labute approximate surface area is 168 Å². The lowest BCUT2D eigenvalue weighted by molar-refractivity contribution is -0.125. The minimum atomic E-state index is -0.594. The van der Waals surface area contributed by atoms with Crippen LogP contribution in [0.15, 0.2) is 48.5 Å². The van der Waals surface area contributed by atoms with Gasteiger partial charge in [-0.3, -0.25) is 9.59 Å². The van der Waals surface area contributed by atoms with Gasteiger partial charge in [0.15, 0.2) is 29.7 Å². The molecule has 0 atom stereocenters. The van der Waals surface area contributed by atoms with E-state index >= 15 is 0 Å². The zero-order valence-electron chi connectivity index (χ0n) is 16.3. The van der Waals surface area contributed by atoms with E-state index in [0.29, 0.717) is 23.6 Å². The minimum Gasteiger partial charge on any atom is -0.493 e. The summed E-state index contributed by atoms with van der Waals surface area (Å²) in [6, 6.07) is 11.1. The van der Waals surface area contributed by atoms with Gasteiger partial charge in [-0.25, -0.2) is 4.39 Å². The number of hydrogen-bond donors (Lipinski definition) is 1. The number of halogens is 1. The standard InChI is InChI=1S/C21H23FN2O5/c1-24(11-12-28-17-6-4-3-5-16(17)22)21(26)10-8-15-7-9-18(19(13-15)27-2)29-14-20(23)25/h3-10,13H,11-12,14H2,1-2H3,(H2,23,25)/b10-8+. The van der Waals surface area contributed by atoms with Crippen LogP contribution in [-0.4, -0.2) is 50.6 Å². The summed E-state index contributed by atoms with van der Waals surface area (Å²) in [6.07, 6.45) is 3.03. The van der Waals surface area contributed by atoms with Crippen LogP contribution in [0.5, 0.6) is 17.2 Å². The number of likely N-dealkylation sites (N-methyl/N-ethyl adjacent to an activating group) is 1. The van der Waals surface area contributed by atoms with Crippen molar-refractivity contribution in [2.45, 2.75) is 0 Å². The monoisotopic (exact) mass is 402 g/mol. The van der Waals surface area contributed by atoms with E-state index in [-0.39, 0.29) is 24.9 Å². The van der Waals surface area contributed by atoms with Gasteiger partial charge >= 0.3 is 0 Å². The van der Waals surface area contributed by atoms with E-state index in [2.05, 4.69) is 0 Å². The topological polar surface area (TPSA) is 91.1 Å². The number of primary amides is 1. The fraction of sp³-hybridized carbons (Fsp3) is 0.238. The zero-order valence-corrected chi connectivity index (χ0v) is 16.3. The number of amides is 2. The fourth-order valence-electron chi connectivity index (χ4n) is 2.32. The highest BCUT2D eigenvalue weighted by Gasteiger charge is 2.09. The molecule has 2 N–H and O–H groups in total. The summed E-state index contributed by atoms with van der Waals surface area (Å²) < 4.78 is 29.3. The number of nitrogens with two attached hydrogens (primary N) is 1. The summed E-state index contributed by atoms with van der Waals surface area (Å²) in [5, 5.41) is 0. The average Bonchev–Trinajstić information content (AvgIpc) is 2.71. The molecule has 2 aromatic carbocycles. The van der Waals surface area contributed by atoms with Crippen LogP contribution in [0.4, 0.5) is 4.39 Å². The Bertz CT molecular complexity index is 885. The smallest absolute Gasteiger partial charge is 0.255 e. The highest BCUT2D eigenvalue weighted by molar-refractivity contribution is 5.91. The van der Waals surface area contributed by atoms with Crippen LogP contribution in [0, 0.1) is 5.82 Å². The molecular weight excluding hydrogens is 379 g/mol. The number of benzene rings is 2. The van der Waals surface area contributed by atoms with Crippen LogP contribution in [0.3, 0.4) is 0 Å². The third-order valence-electron chi connectivity index (χ3n) is 3.87. The van der Waals surface area contributed by atoms with Crippen LogP contribution in [0.2, 0.25) is 0 Å². The van der Waals surface area contributed by atoms with Crippen LogP contribution in [0.1, 0.15) is 5.56 Å². The maximum absolute atomic E-state index is 13.5. The lowest BCUT2D eigenvalue weighted by Crippen LogP contribution is -2.29. The molecule has 0 aliphatic carbocycles. The number of para-hydroxylation sites is 1. The predicted octanol–water partition coefficient (Wildman–Crippen LogP) is 2.25. The van der Waals surface area contributed by atoms with E-state index in [1.807, 2.05) is 0 Å². The largest absolute Gasteiger partial charge is 0.493 e. The summed E-state index contributed by atoms with van der Waals surface area (Å²) >= 11 is 0. The predicted molar refractivity (Wildman–Crippen MR) is 106 cm³/mol. The summed E-state index contributed by atoms with van der Waals surface area (Å²) in [6.45, 7) is 0.196. The van der Waals surface area contributed by atoms with E-state index in [9.17, 15) is 14.0 Å². The fourth-order valence-corrected chi connectivity index (χ4v) is 2.32. The van der Waals surface area contributed by atoms with Crippen molar-refractivity contribution in [3.63, 3.8) is 0 Å². The number of ether oxygens (including phenoxy) is 3. The number of rotatable bonds is 10. The van der Waals surface area contributed by atoms with Gasteiger partial charge in [0.05, 0.1) is 13.7 Å². The molecule has 0 aliphatic heterocycles. The highest BCUT2D eigenvalue weighted by atomic mass is 19.1. The minimum absolute atomic E-state index is 0.148.